The summed E-state index contributed by atoms with van der Waals surface area (Å²) in [5.74, 6) is -0.987. The molecule has 0 aliphatic carbocycles. The van der Waals surface area contributed by atoms with E-state index in [4.69, 9.17) is 0 Å². The van der Waals surface area contributed by atoms with Crippen LogP contribution in [0.2, 0.25) is 0 Å². The molecule has 0 saturated heterocycles. The fourth-order valence-corrected chi connectivity index (χ4v) is 0.315. The van der Waals surface area contributed by atoms with Crippen molar-refractivity contribution in [3.8, 4) is 0 Å². The van der Waals surface area contributed by atoms with Crippen LogP contribution >= 0.6 is 0 Å². The maximum absolute atomic E-state index is 9.77. The molecule has 0 aromatic rings. The fourth-order valence-electron chi connectivity index (χ4n) is 0.315. The zero-order chi connectivity index (χ0) is 6.57. The molecule has 0 heterocycles. The Kier molecular flexibility index (Phi) is 3.19. The monoisotopic (exact) mass is 116 g/mol. The molecule has 1 radical (unpaired) electrons. The van der Waals surface area contributed by atoms with Gasteiger partial charge in [-0.15, -0.1) is 0 Å². The van der Waals surface area contributed by atoms with E-state index in [-0.39, 0.29) is 6.42 Å². The highest BCUT2D eigenvalue weighted by Gasteiger charge is 1.96. The molecule has 3 nitrogen and oxygen atoms in total. The molecule has 0 unspecified atom stereocenters. The minimum absolute atomic E-state index is 0.118. The van der Waals surface area contributed by atoms with Gasteiger partial charge < -0.3 is 9.90 Å². The molecule has 0 N–H and O–H groups in total. The first-order valence-electron chi connectivity index (χ1n) is 2.47. The average Bonchev–Trinajstić information content (AvgIpc) is 1.61. The van der Waals surface area contributed by atoms with Crippen molar-refractivity contribution < 1.29 is 9.90 Å². The van der Waals surface area contributed by atoms with Gasteiger partial charge in [-0.3, -0.25) is 0 Å². The Morgan fingerprint density at radius 3 is 2.25 bits per heavy atom. The molecule has 0 atom stereocenters. The standard InChI is InChI=1S/C5H11NO2/c1-6(2)4-3-5(7)8/h3-4H2,1-2H3,(H,7,8)/q+1/p-1. The van der Waals surface area contributed by atoms with Crippen molar-refractivity contribution in [1.82, 2.24) is 4.90 Å². The van der Waals surface area contributed by atoms with Crippen LogP contribution in [0.4, 0.5) is 0 Å². The van der Waals surface area contributed by atoms with Crippen LogP contribution in [0.3, 0.4) is 0 Å². The van der Waals surface area contributed by atoms with Gasteiger partial charge in [-0.2, -0.15) is 4.90 Å². The molecule has 47 valence electrons. The van der Waals surface area contributed by atoms with Gasteiger partial charge in [0.25, 0.3) is 0 Å². The summed E-state index contributed by atoms with van der Waals surface area (Å²) >= 11 is 0. The van der Waals surface area contributed by atoms with Crippen LogP contribution < -0.4 is 10.0 Å². The van der Waals surface area contributed by atoms with Crippen LogP contribution in [0.1, 0.15) is 6.42 Å². The molecule has 0 bridgehead atoms. The molecule has 0 aromatic heterocycles. The third kappa shape index (κ3) is 5.43. The zero-order valence-electron chi connectivity index (χ0n) is 5.18. The number of carboxylic acids is 1. The van der Waals surface area contributed by atoms with Gasteiger partial charge >= 0.3 is 0 Å². The third-order valence-corrected chi connectivity index (χ3v) is 0.763. The predicted octanol–water partition coefficient (Wildman–Crippen LogP) is -1.47. The van der Waals surface area contributed by atoms with E-state index in [0.717, 1.165) is 0 Å². The highest BCUT2D eigenvalue weighted by molar-refractivity contribution is 5.64. The van der Waals surface area contributed by atoms with Crippen LogP contribution in [-0.4, -0.2) is 26.6 Å². The summed E-state index contributed by atoms with van der Waals surface area (Å²) in [5.41, 5.74) is 0. The van der Waals surface area contributed by atoms with Gasteiger partial charge in [-0.25, -0.2) is 0 Å². The first-order chi connectivity index (χ1) is 3.63. The summed E-state index contributed by atoms with van der Waals surface area (Å²) in [7, 11) is 3.64. The van der Waals surface area contributed by atoms with E-state index in [1.165, 1.54) is 0 Å². The molecule has 0 aliphatic heterocycles. The van der Waals surface area contributed by atoms with Gasteiger partial charge in [0.05, 0.1) is 0 Å². The van der Waals surface area contributed by atoms with Crippen molar-refractivity contribution >= 4 is 5.97 Å². The van der Waals surface area contributed by atoms with Crippen LogP contribution in [0.25, 0.3) is 0 Å². The van der Waals surface area contributed by atoms with Gasteiger partial charge in [0.15, 0.2) is 0 Å². The highest BCUT2D eigenvalue weighted by Crippen LogP contribution is 1.75. The molecular formula is C5H10NO2. The van der Waals surface area contributed by atoms with Gasteiger partial charge in [0.2, 0.25) is 0 Å². The summed E-state index contributed by atoms with van der Waals surface area (Å²) in [6.45, 7) is 0.558. The van der Waals surface area contributed by atoms with E-state index >= 15 is 0 Å². The van der Waals surface area contributed by atoms with E-state index < -0.39 is 5.97 Å². The zero-order valence-corrected chi connectivity index (χ0v) is 5.18. The van der Waals surface area contributed by atoms with Crippen molar-refractivity contribution in [3.05, 3.63) is 0 Å². The van der Waals surface area contributed by atoms with Gasteiger partial charge in [-0.1, -0.05) is 0 Å². The maximum Gasteiger partial charge on any atom is 0.127 e. The van der Waals surface area contributed by atoms with Crippen molar-refractivity contribution in [1.29, 1.82) is 0 Å². The second kappa shape index (κ2) is 3.43. The van der Waals surface area contributed by atoms with Crippen LogP contribution in [0, 0.1) is 0 Å². The fraction of sp³-hybridized carbons (Fsp3) is 0.800. The molecular weight excluding hydrogens is 106 g/mol. The van der Waals surface area contributed by atoms with Crippen LogP contribution in [-0.2, 0) is 4.79 Å². The lowest BCUT2D eigenvalue weighted by molar-refractivity contribution is -0.305. The smallest absolute Gasteiger partial charge is 0.127 e. The molecule has 0 fully saturated rings. The Bertz CT molecular complexity index is 80.5. The minimum atomic E-state index is -0.987. The summed E-state index contributed by atoms with van der Waals surface area (Å²) < 4.78 is 0. The lowest BCUT2D eigenvalue weighted by Gasteiger charge is -1.99. The predicted molar refractivity (Wildman–Crippen MR) is 28.5 cm³/mol. The van der Waals surface area contributed by atoms with E-state index in [9.17, 15) is 9.90 Å². The number of carboxylic acid groups (broad SMARTS) is 1. The number of hydrogen-bond donors (Lipinski definition) is 0. The number of carbonyl (C=O) groups is 1. The van der Waals surface area contributed by atoms with E-state index in [0.29, 0.717) is 6.54 Å². The lowest BCUT2D eigenvalue weighted by atomic mass is 10.4. The second-order valence-electron chi connectivity index (χ2n) is 1.93. The average molecular weight is 116 g/mol. The maximum atomic E-state index is 9.77. The topological polar surface area (TPSA) is 46.0 Å². The van der Waals surface area contributed by atoms with Crippen LogP contribution in [0.15, 0.2) is 0 Å². The van der Waals surface area contributed by atoms with Gasteiger partial charge in [0, 0.05) is 12.4 Å². The highest BCUT2D eigenvalue weighted by atomic mass is 16.4. The number of nitrogens with zero attached hydrogens (tertiary/aromatic N) is 1. The third-order valence-electron chi connectivity index (χ3n) is 0.763. The SMILES string of the molecule is C[N+](C)CCC(=O)[O-]. The Balaban J connectivity index is 3.05. The summed E-state index contributed by atoms with van der Waals surface area (Å²) in [6, 6.07) is 0. The number of aliphatic carboxylic acids is 1. The Morgan fingerprint density at radius 1 is 1.62 bits per heavy atom. The molecule has 8 heavy (non-hydrogen) atoms. The molecule has 3 heteroatoms. The number of rotatable bonds is 3. The molecule has 0 saturated carbocycles. The number of hydrogen-bond acceptors (Lipinski definition) is 3. The van der Waals surface area contributed by atoms with E-state index in [2.05, 4.69) is 0 Å². The normalized spacial score (nSPS) is 9.88. The molecule has 0 amide bonds. The number of carbonyl (C=O) groups excluding carboxylic acids is 1. The molecule has 0 rings (SSSR count). The summed E-state index contributed by atoms with van der Waals surface area (Å²) in [6.07, 6.45) is 0.118. The van der Waals surface area contributed by atoms with Crippen molar-refractivity contribution in [2.75, 3.05) is 20.6 Å². The Morgan fingerprint density at radius 2 is 2.12 bits per heavy atom. The van der Waals surface area contributed by atoms with Crippen molar-refractivity contribution in [2.24, 2.45) is 0 Å². The van der Waals surface area contributed by atoms with E-state index in [1.807, 2.05) is 14.1 Å². The summed E-state index contributed by atoms with van der Waals surface area (Å²) in [4.78, 5) is 11.6. The van der Waals surface area contributed by atoms with Crippen molar-refractivity contribution in [2.45, 2.75) is 6.42 Å². The quantitative estimate of drug-likeness (QED) is 0.422. The minimum Gasteiger partial charge on any atom is -0.550 e. The molecule has 0 aliphatic rings. The first kappa shape index (κ1) is 7.43. The van der Waals surface area contributed by atoms with Crippen molar-refractivity contribution in [3.63, 3.8) is 0 Å². The Labute approximate surface area is 48.9 Å². The van der Waals surface area contributed by atoms with Gasteiger partial charge in [-0.05, 0) is 0 Å². The van der Waals surface area contributed by atoms with Crippen LogP contribution in [0.5, 0.6) is 0 Å². The lowest BCUT2D eigenvalue weighted by Crippen LogP contribution is -2.29. The molecule has 0 aromatic carbocycles. The largest absolute Gasteiger partial charge is 0.550 e. The second-order valence-corrected chi connectivity index (χ2v) is 1.93. The first-order valence-corrected chi connectivity index (χ1v) is 2.47. The van der Waals surface area contributed by atoms with Gasteiger partial charge in [0.1, 0.15) is 20.6 Å². The molecule has 0 spiro atoms. The summed E-state index contributed by atoms with van der Waals surface area (Å²) in [5, 5.41) is 9.77. The van der Waals surface area contributed by atoms with E-state index in [1.54, 1.807) is 4.90 Å². The Hall–Kier alpha value is -0.570.